The van der Waals surface area contributed by atoms with Gasteiger partial charge in [0, 0.05) is 23.6 Å². The van der Waals surface area contributed by atoms with Crippen LogP contribution in [0.5, 0.6) is 0 Å². The van der Waals surface area contributed by atoms with E-state index in [-0.39, 0.29) is 5.78 Å². The fourth-order valence-electron chi connectivity index (χ4n) is 2.65. The van der Waals surface area contributed by atoms with Crippen LogP contribution in [-0.2, 0) is 11.2 Å². The zero-order valence-corrected chi connectivity index (χ0v) is 10.7. The van der Waals surface area contributed by atoms with Crippen LogP contribution in [0.15, 0.2) is 36.5 Å². The number of fused-ring (bicyclic) bond motifs is 4. The molecule has 0 atom stereocenters. The highest BCUT2D eigenvalue weighted by atomic mass is 35.5. The lowest BCUT2D eigenvalue weighted by molar-refractivity contribution is -0.114. The summed E-state index contributed by atoms with van der Waals surface area (Å²) in [5, 5.41) is 7.31. The minimum atomic E-state index is 0.145. The minimum absolute atomic E-state index is 0.145. The van der Waals surface area contributed by atoms with Crippen molar-refractivity contribution in [3.05, 3.63) is 47.7 Å². The van der Waals surface area contributed by atoms with Crippen LogP contribution in [0.25, 0.3) is 27.8 Å². The molecular formula is C15H9ClN2O. The van der Waals surface area contributed by atoms with E-state index >= 15 is 0 Å². The first-order valence-corrected chi connectivity index (χ1v) is 6.36. The van der Waals surface area contributed by atoms with E-state index in [9.17, 15) is 4.79 Å². The summed E-state index contributed by atoms with van der Waals surface area (Å²) in [6.07, 6.45) is 5.75. The first kappa shape index (κ1) is 10.8. The highest BCUT2D eigenvalue weighted by Gasteiger charge is 2.13. The Morgan fingerprint density at radius 3 is 2.95 bits per heavy atom. The van der Waals surface area contributed by atoms with Gasteiger partial charge in [-0.1, -0.05) is 12.1 Å². The summed E-state index contributed by atoms with van der Waals surface area (Å²) < 4.78 is 1.35. The fraction of sp³-hybridized carbons (Fsp3) is 0.0667. The monoisotopic (exact) mass is 268 g/mol. The molecule has 4 rings (SSSR count). The fourth-order valence-corrected chi connectivity index (χ4v) is 2.84. The number of rotatable bonds is 0. The third kappa shape index (κ3) is 1.52. The van der Waals surface area contributed by atoms with Gasteiger partial charge in [-0.25, -0.2) is 0 Å². The molecule has 0 spiro atoms. The third-order valence-corrected chi connectivity index (χ3v) is 3.87. The van der Waals surface area contributed by atoms with Gasteiger partial charge in [0.2, 0.25) is 0 Å². The molecule has 0 aliphatic heterocycles. The first-order valence-electron chi connectivity index (χ1n) is 6.03. The molecular weight excluding hydrogens is 260 g/mol. The summed E-state index contributed by atoms with van der Waals surface area (Å²) in [5.74, 6) is 0.145. The molecule has 3 nitrogen and oxygen atoms in total. The second-order valence-corrected chi connectivity index (χ2v) is 5.07. The zero-order valence-electron chi connectivity index (χ0n) is 9.93. The Hall–Kier alpha value is -2.13. The molecule has 1 aromatic heterocycles. The predicted molar refractivity (Wildman–Crippen MR) is 76.2 cm³/mol. The highest BCUT2D eigenvalue weighted by molar-refractivity contribution is 6.20. The van der Waals surface area contributed by atoms with Crippen molar-refractivity contribution in [2.24, 2.45) is 0 Å². The number of ketones is 1. The number of hydrogen-bond donors (Lipinski definition) is 0. The van der Waals surface area contributed by atoms with Gasteiger partial charge >= 0.3 is 0 Å². The van der Waals surface area contributed by atoms with Crippen molar-refractivity contribution in [1.82, 2.24) is 9.30 Å². The lowest BCUT2D eigenvalue weighted by Gasteiger charge is -2.11. The first-order chi connectivity index (χ1) is 9.22. The van der Waals surface area contributed by atoms with Crippen molar-refractivity contribution in [2.75, 3.05) is 0 Å². The van der Waals surface area contributed by atoms with Gasteiger partial charge in [0.25, 0.3) is 0 Å². The van der Waals surface area contributed by atoms with Crippen molar-refractivity contribution in [2.45, 2.75) is 6.42 Å². The van der Waals surface area contributed by atoms with Crippen LogP contribution in [0, 0.1) is 0 Å². The number of benzene rings is 2. The minimum Gasteiger partial charge on any atom is -0.294 e. The van der Waals surface area contributed by atoms with Crippen LogP contribution in [-0.4, -0.2) is 15.1 Å². The third-order valence-electron chi connectivity index (χ3n) is 3.60. The van der Waals surface area contributed by atoms with Gasteiger partial charge in [-0.3, -0.25) is 4.79 Å². The number of aromatic nitrogens is 2. The van der Waals surface area contributed by atoms with Crippen molar-refractivity contribution in [1.29, 1.82) is 0 Å². The van der Waals surface area contributed by atoms with Gasteiger partial charge in [0.05, 0.1) is 11.7 Å². The summed E-state index contributed by atoms with van der Waals surface area (Å²) in [6, 6.07) is 8.18. The molecule has 0 bridgehead atoms. The van der Waals surface area contributed by atoms with Crippen LogP contribution >= 0.6 is 11.8 Å². The number of nitrogens with zero attached hydrogens (tertiary/aromatic N) is 2. The predicted octanol–water partition coefficient (Wildman–Crippen LogP) is 3.33. The molecule has 0 fully saturated rings. The average molecular weight is 269 g/mol. The molecule has 0 amide bonds. The normalized spacial score (nSPS) is 14.3. The van der Waals surface area contributed by atoms with E-state index in [0.29, 0.717) is 6.42 Å². The van der Waals surface area contributed by atoms with E-state index < -0.39 is 0 Å². The molecule has 0 unspecified atom stereocenters. The summed E-state index contributed by atoms with van der Waals surface area (Å²) in [6.45, 7) is 0. The molecule has 1 aliphatic rings. The quantitative estimate of drug-likeness (QED) is 0.627. The second kappa shape index (κ2) is 3.68. The SMILES string of the molecule is O=C1C=Cc2cc3ccc4c(cnn4Cl)c3cc2C1. The number of halogens is 1. The maximum atomic E-state index is 11.5. The Kier molecular flexibility index (Phi) is 2.09. The van der Waals surface area contributed by atoms with E-state index in [1.54, 1.807) is 12.3 Å². The van der Waals surface area contributed by atoms with Crippen LogP contribution in [0.4, 0.5) is 0 Å². The maximum Gasteiger partial charge on any atom is 0.160 e. The van der Waals surface area contributed by atoms with E-state index in [1.165, 1.54) is 4.20 Å². The van der Waals surface area contributed by atoms with E-state index in [0.717, 1.165) is 32.8 Å². The smallest absolute Gasteiger partial charge is 0.160 e. The van der Waals surface area contributed by atoms with E-state index in [1.807, 2.05) is 18.2 Å². The zero-order chi connectivity index (χ0) is 13.0. The van der Waals surface area contributed by atoms with Crippen LogP contribution in [0.3, 0.4) is 0 Å². The lowest BCUT2D eigenvalue weighted by atomic mass is 9.92. The summed E-state index contributed by atoms with van der Waals surface area (Å²) in [7, 11) is 0. The molecule has 2 aromatic carbocycles. The van der Waals surface area contributed by atoms with Crippen molar-refractivity contribution >= 4 is 45.3 Å². The lowest BCUT2D eigenvalue weighted by Crippen LogP contribution is -2.05. The van der Waals surface area contributed by atoms with Gasteiger partial charge in [0.15, 0.2) is 5.78 Å². The van der Waals surface area contributed by atoms with Crippen molar-refractivity contribution in [3.63, 3.8) is 0 Å². The number of hydrogen-bond acceptors (Lipinski definition) is 2. The standard InChI is InChI=1S/C15H9ClN2O/c16-18-15-4-2-10-5-9-1-3-12(19)6-11(9)7-13(10)14(15)8-17-18/h1-5,7-8H,6H2. The largest absolute Gasteiger partial charge is 0.294 e. The Morgan fingerprint density at radius 1 is 1.16 bits per heavy atom. The Bertz CT molecular complexity index is 877. The molecule has 4 heteroatoms. The van der Waals surface area contributed by atoms with Crippen LogP contribution in [0.2, 0.25) is 0 Å². The van der Waals surface area contributed by atoms with Crippen LogP contribution < -0.4 is 0 Å². The van der Waals surface area contributed by atoms with Gasteiger partial charge in [-0.05, 0) is 46.2 Å². The van der Waals surface area contributed by atoms with Gasteiger partial charge in [-0.15, -0.1) is 0 Å². The number of carbonyl (C=O) groups is 1. The van der Waals surface area contributed by atoms with Crippen molar-refractivity contribution in [3.8, 4) is 0 Å². The molecule has 0 saturated carbocycles. The molecule has 0 saturated heterocycles. The second-order valence-electron chi connectivity index (χ2n) is 4.75. The Morgan fingerprint density at radius 2 is 2.05 bits per heavy atom. The average Bonchev–Trinajstić information content (AvgIpc) is 2.79. The van der Waals surface area contributed by atoms with Gasteiger partial charge in [-0.2, -0.15) is 9.30 Å². The Labute approximate surface area is 114 Å². The molecule has 0 radical (unpaired) electrons. The molecule has 1 heterocycles. The number of carbonyl (C=O) groups excluding carboxylic acids is 1. The highest BCUT2D eigenvalue weighted by Crippen LogP contribution is 2.30. The summed E-state index contributed by atoms with van der Waals surface area (Å²) in [4.78, 5) is 11.5. The molecule has 3 aromatic rings. The topological polar surface area (TPSA) is 34.9 Å². The van der Waals surface area contributed by atoms with Gasteiger partial charge in [0.1, 0.15) is 0 Å². The van der Waals surface area contributed by atoms with Crippen molar-refractivity contribution < 1.29 is 4.79 Å². The summed E-state index contributed by atoms with van der Waals surface area (Å²) >= 11 is 5.98. The molecule has 92 valence electrons. The summed E-state index contributed by atoms with van der Waals surface area (Å²) in [5.41, 5.74) is 3.06. The molecule has 0 N–H and O–H groups in total. The molecule has 1 aliphatic carbocycles. The van der Waals surface area contributed by atoms with Crippen LogP contribution in [0.1, 0.15) is 11.1 Å². The van der Waals surface area contributed by atoms with Gasteiger partial charge < -0.3 is 0 Å². The number of allylic oxidation sites excluding steroid dienone is 1. The van der Waals surface area contributed by atoms with E-state index in [2.05, 4.69) is 17.2 Å². The van der Waals surface area contributed by atoms with E-state index in [4.69, 9.17) is 11.8 Å². The Balaban J connectivity index is 2.12. The maximum absolute atomic E-state index is 11.5. The molecule has 19 heavy (non-hydrogen) atoms.